The second kappa shape index (κ2) is 5.72. The van der Waals surface area contributed by atoms with Gasteiger partial charge in [0.25, 0.3) is 0 Å². The summed E-state index contributed by atoms with van der Waals surface area (Å²) >= 11 is 0. The van der Waals surface area contributed by atoms with Crippen molar-refractivity contribution < 1.29 is 4.79 Å². The summed E-state index contributed by atoms with van der Waals surface area (Å²) in [6.07, 6.45) is 4.71. The third kappa shape index (κ3) is 2.80. The number of carbonyl (C=O) groups is 1. The number of fused-ring (bicyclic) bond motifs is 1. The number of hydrogen-bond acceptors (Lipinski definition) is 3. The summed E-state index contributed by atoms with van der Waals surface area (Å²) in [5.74, 6) is 0.0752. The van der Waals surface area contributed by atoms with E-state index in [9.17, 15) is 4.79 Å². The lowest BCUT2D eigenvalue weighted by atomic mass is 9.90. The predicted octanol–water partition coefficient (Wildman–Crippen LogP) is 1.07. The molecule has 1 aromatic rings. The molecule has 19 heavy (non-hydrogen) atoms. The largest absolute Gasteiger partial charge is 0.324 e. The maximum atomic E-state index is 12.2. The molecular weight excluding hydrogens is 238 g/mol. The zero-order valence-electron chi connectivity index (χ0n) is 11.2. The number of amides is 1. The first-order chi connectivity index (χ1) is 9.34. The van der Waals surface area contributed by atoms with Crippen LogP contribution >= 0.6 is 0 Å². The Kier molecular flexibility index (Phi) is 3.80. The van der Waals surface area contributed by atoms with Crippen LogP contribution < -0.4 is 16.0 Å². The molecule has 0 aromatic heterocycles. The van der Waals surface area contributed by atoms with E-state index in [-0.39, 0.29) is 11.9 Å². The molecule has 1 aromatic carbocycles. The molecule has 0 radical (unpaired) electrons. The van der Waals surface area contributed by atoms with Gasteiger partial charge in [0.15, 0.2) is 0 Å². The average Bonchev–Trinajstić information content (AvgIpc) is 2.48. The van der Waals surface area contributed by atoms with E-state index in [1.165, 1.54) is 24.0 Å². The minimum Gasteiger partial charge on any atom is -0.324 e. The van der Waals surface area contributed by atoms with Gasteiger partial charge in [0.05, 0.1) is 6.04 Å². The van der Waals surface area contributed by atoms with Gasteiger partial charge >= 0.3 is 0 Å². The highest BCUT2D eigenvalue weighted by molar-refractivity contribution is 5.96. The zero-order valence-corrected chi connectivity index (χ0v) is 11.2. The molecule has 102 valence electrons. The van der Waals surface area contributed by atoms with Gasteiger partial charge in [-0.2, -0.15) is 0 Å². The van der Waals surface area contributed by atoms with Gasteiger partial charge in [-0.25, -0.2) is 0 Å². The Morgan fingerprint density at radius 1 is 1.21 bits per heavy atom. The fraction of sp³-hybridized carbons (Fsp3) is 0.533. The van der Waals surface area contributed by atoms with Crippen molar-refractivity contribution in [2.24, 2.45) is 0 Å². The number of nitrogens with one attached hydrogen (secondary N) is 3. The van der Waals surface area contributed by atoms with Gasteiger partial charge in [0, 0.05) is 25.3 Å². The van der Waals surface area contributed by atoms with Crippen molar-refractivity contribution in [3.63, 3.8) is 0 Å². The standard InChI is InChI=1S/C15H21N3O/c19-15(14-10-16-8-9-17-14)18-13-7-3-5-11-4-1-2-6-12(11)13/h3,5,7,14,16-17H,1-2,4,6,8-10H2,(H,18,19). The summed E-state index contributed by atoms with van der Waals surface area (Å²) in [5, 5.41) is 9.58. The van der Waals surface area contributed by atoms with Crippen molar-refractivity contribution in [3.8, 4) is 0 Å². The highest BCUT2D eigenvalue weighted by Gasteiger charge is 2.22. The topological polar surface area (TPSA) is 53.2 Å². The van der Waals surface area contributed by atoms with Crippen molar-refractivity contribution in [2.45, 2.75) is 31.7 Å². The number of benzene rings is 1. The van der Waals surface area contributed by atoms with E-state index in [2.05, 4.69) is 22.0 Å². The predicted molar refractivity (Wildman–Crippen MR) is 76.4 cm³/mol. The first-order valence-electron chi connectivity index (χ1n) is 7.20. The maximum absolute atomic E-state index is 12.2. The molecule has 0 bridgehead atoms. The molecule has 1 unspecified atom stereocenters. The molecular formula is C15H21N3O. The van der Waals surface area contributed by atoms with Crippen molar-refractivity contribution in [1.29, 1.82) is 0 Å². The summed E-state index contributed by atoms with van der Waals surface area (Å²) < 4.78 is 0. The molecule has 0 spiro atoms. The van der Waals surface area contributed by atoms with E-state index in [1.807, 2.05) is 12.1 Å². The van der Waals surface area contributed by atoms with Crippen molar-refractivity contribution in [3.05, 3.63) is 29.3 Å². The van der Waals surface area contributed by atoms with E-state index >= 15 is 0 Å². The fourth-order valence-electron chi connectivity index (χ4n) is 2.96. The molecule has 1 amide bonds. The van der Waals surface area contributed by atoms with E-state index < -0.39 is 0 Å². The maximum Gasteiger partial charge on any atom is 0.242 e. The Morgan fingerprint density at radius 2 is 2.11 bits per heavy atom. The summed E-state index contributed by atoms with van der Waals surface area (Å²) in [6.45, 7) is 2.50. The molecule has 1 aliphatic heterocycles. The lowest BCUT2D eigenvalue weighted by Crippen LogP contribution is -2.54. The summed E-state index contributed by atoms with van der Waals surface area (Å²) in [6, 6.07) is 6.14. The van der Waals surface area contributed by atoms with Crippen LogP contribution in [0.3, 0.4) is 0 Å². The smallest absolute Gasteiger partial charge is 0.242 e. The number of anilines is 1. The molecule has 1 atom stereocenters. The van der Waals surface area contributed by atoms with Crippen LogP contribution in [-0.4, -0.2) is 31.6 Å². The Labute approximate surface area is 114 Å². The van der Waals surface area contributed by atoms with Crippen LogP contribution in [-0.2, 0) is 17.6 Å². The van der Waals surface area contributed by atoms with Gasteiger partial charge in [0.2, 0.25) is 5.91 Å². The van der Waals surface area contributed by atoms with Crippen molar-refractivity contribution in [1.82, 2.24) is 10.6 Å². The zero-order chi connectivity index (χ0) is 13.1. The van der Waals surface area contributed by atoms with Crippen molar-refractivity contribution >= 4 is 11.6 Å². The third-order valence-corrected chi connectivity index (χ3v) is 4.01. The molecule has 3 rings (SSSR count). The van der Waals surface area contributed by atoms with Gasteiger partial charge in [-0.05, 0) is 42.9 Å². The average molecular weight is 259 g/mol. The highest BCUT2D eigenvalue weighted by Crippen LogP contribution is 2.27. The number of carbonyl (C=O) groups excluding carboxylic acids is 1. The normalized spacial score (nSPS) is 22.6. The van der Waals surface area contributed by atoms with Crippen LogP contribution in [0.4, 0.5) is 5.69 Å². The molecule has 4 nitrogen and oxygen atoms in total. The minimum atomic E-state index is -0.117. The lowest BCUT2D eigenvalue weighted by molar-refractivity contribution is -0.118. The first-order valence-corrected chi connectivity index (χ1v) is 7.20. The summed E-state index contributed by atoms with van der Waals surface area (Å²) in [7, 11) is 0. The molecule has 3 N–H and O–H groups in total. The van der Waals surface area contributed by atoms with Crippen LogP contribution in [0.2, 0.25) is 0 Å². The van der Waals surface area contributed by atoms with Crippen LogP contribution in [0.25, 0.3) is 0 Å². The summed E-state index contributed by atoms with van der Waals surface area (Å²) in [5.41, 5.74) is 3.75. The van der Waals surface area contributed by atoms with E-state index in [1.54, 1.807) is 0 Å². The van der Waals surface area contributed by atoms with Gasteiger partial charge < -0.3 is 16.0 Å². The molecule has 4 heteroatoms. The second-order valence-corrected chi connectivity index (χ2v) is 5.35. The number of rotatable bonds is 2. The van der Waals surface area contributed by atoms with Crippen LogP contribution in [0.15, 0.2) is 18.2 Å². The van der Waals surface area contributed by atoms with Gasteiger partial charge in [-0.3, -0.25) is 4.79 Å². The number of hydrogen-bond donors (Lipinski definition) is 3. The Morgan fingerprint density at radius 3 is 2.95 bits per heavy atom. The van der Waals surface area contributed by atoms with Crippen LogP contribution in [0.1, 0.15) is 24.0 Å². The van der Waals surface area contributed by atoms with E-state index in [0.29, 0.717) is 6.54 Å². The lowest BCUT2D eigenvalue weighted by Gasteiger charge is -2.25. The number of aryl methyl sites for hydroxylation is 1. The Balaban J connectivity index is 1.74. The van der Waals surface area contributed by atoms with E-state index in [0.717, 1.165) is 31.6 Å². The molecule has 1 heterocycles. The van der Waals surface area contributed by atoms with Gasteiger partial charge in [0.1, 0.15) is 0 Å². The minimum absolute atomic E-state index is 0.0752. The quantitative estimate of drug-likeness (QED) is 0.744. The first kappa shape index (κ1) is 12.6. The van der Waals surface area contributed by atoms with Crippen LogP contribution in [0, 0.1) is 0 Å². The summed E-state index contributed by atoms with van der Waals surface area (Å²) in [4.78, 5) is 12.2. The van der Waals surface area contributed by atoms with Gasteiger partial charge in [-0.1, -0.05) is 12.1 Å². The third-order valence-electron chi connectivity index (χ3n) is 4.01. The molecule has 1 saturated heterocycles. The number of piperazine rings is 1. The van der Waals surface area contributed by atoms with Crippen molar-refractivity contribution in [2.75, 3.05) is 25.0 Å². The van der Waals surface area contributed by atoms with Crippen LogP contribution in [0.5, 0.6) is 0 Å². The highest BCUT2D eigenvalue weighted by atomic mass is 16.2. The van der Waals surface area contributed by atoms with E-state index in [4.69, 9.17) is 0 Å². The second-order valence-electron chi connectivity index (χ2n) is 5.35. The molecule has 1 fully saturated rings. The Hall–Kier alpha value is -1.39. The Bertz CT molecular complexity index is 466. The fourth-order valence-corrected chi connectivity index (χ4v) is 2.96. The molecule has 0 saturated carbocycles. The molecule has 2 aliphatic rings. The SMILES string of the molecule is O=C(Nc1cccc2c1CCCC2)C1CNCCN1. The monoisotopic (exact) mass is 259 g/mol. The molecule has 1 aliphatic carbocycles. The van der Waals surface area contributed by atoms with Gasteiger partial charge in [-0.15, -0.1) is 0 Å².